The van der Waals surface area contributed by atoms with E-state index in [4.69, 9.17) is 0 Å². The first-order chi connectivity index (χ1) is 15.3. The maximum Gasteiger partial charge on any atom is 0.244 e. The quantitative estimate of drug-likeness (QED) is 0.486. The van der Waals surface area contributed by atoms with Crippen LogP contribution in [0.4, 0.5) is 10.1 Å². The SMILES string of the molecule is Cc1ccc(NC(=O)Cn2cc(C(=O)c3ccc(F)cc3)c(=O)c3ccc(C)nc32)cc1. The van der Waals surface area contributed by atoms with E-state index in [-0.39, 0.29) is 29.0 Å². The minimum Gasteiger partial charge on any atom is -0.325 e. The van der Waals surface area contributed by atoms with Crippen molar-refractivity contribution >= 4 is 28.4 Å². The highest BCUT2D eigenvalue weighted by Gasteiger charge is 2.19. The minimum atomic E-state index is -0.551. The van der Waals surface area contributed by atoms with Gasteiger partial charge in [-0.1, -0.05) is 17.7 Å². The molecule has 0 radical (unpaired) electrons. The van der Waals surface area contributed by atoms with Crippen molar-refractivity contribution in [2.45, 2.75) is 20.4 Å². The molecule has 2 aromatic heterocycles. The molecule has 0 aliphatic rings. The fourth-order valence-electron chi connectivity index (χ4n) is 3.39. The molecule has 0 spiro atoms. The van der Waals surface area contributed by atoms with Gasteiger partial charge in [-0.2, -0.15) is 0 Å². The predicted octanol–water partition coefficient (Wildman–Crippen LogP) is 4.02. The lowest BCUT2D eigenvalue weighted by Gasteiger charge is -2.13. The molecule has 1 amide bonds. The van der Waals surface area contributed by atoms with E-state index >= 15 is 0 Å². The van der Waals surface area contributed by atoms with Gasteiger partial charge >= 0.3 is 0 Å². The lowest BCUT2D eigenvalue weighted by atomic mass is 10.0. The van der Waals surface area contributed by atoms with E-state index in [0.717, 1.165) is 17.7 Å². The second-order valence-electron chi connectivity index (χ2n) is 7.57. The average Bonchev–Trinajstić information content (AvgIpc) is 2.77. The Bertz CT molecular complexity index is 1390. The van der Waals surface area contributed by atoms with Gasteiger partial charge in [0.05, 0.1) is 10.9 Å². The van der Waals surface area contributed by atoms with Crippen LogP contribution in [0.25, 0.3) is 11.0 Å². The van der Waals surface area contributed by atoms with Gasteiger partial charge < -0.3 is 9.88 Å². The number of amides is 1. The lowest BCUT2D eigenvalue weighted by molar-refractivity contribution is -0.116. The number of nitrogens with zero attached hydrogens (tertiary/aromatic N) is 2. The molecule has 0 unspecified atom stereocenters. The van der Waals surface area contributed by atoms with Gasteiger partial charge in [0.1, 0.15) is 18.0 Å². The van der Waals surface area contributed by atoms with Gasteiger partial charge in [-0.15, -0.1) is 0 Å². The first-order valence-corrected chi connectivity index (χ1v) is 9.99. The van der Waals surface area contributed by atoms with Crippen LogP contribution in [0.2, 0.25) is 0 Å². The van der Waals surface area contributed by atoms with E-state index in [0.29, 0.717) is 17.0 Å². The second-order valence-corrected chi connectivity index (χ2v) is 7.57. The predicted molar refractivity (Wildman–Crippen MR) is 120 cm³/mol. The van der Waals surface area contributed by atoms with Crippen molar-refractivity contribution in [1.29, 1.82) is 0 Å². The number of anilines is 1. The Hall–Kier alpha value is -4.13. The summed E-state index contributed by atoms with van der Waals surface area (Å²) in [5, 5.41) is 3.03. The van der Waals surface area contributed by atoms with Crippen molar-refractivity contribution < 1.29 is 14.0 Å². The van der Waals surface area contributed by atoms with Crippen molar-refractivity contribution in [3.63, 3.8) is 0 Å². The number of fused-ring (bicyclic) bond motifs is 1. The number of hydrogen-bond donors (Lipinski definition) is 1. The van der Waals surface area contributed by atoms with Gasteiger partial charge in [-0.25, -0.2) is 9.37 Å². The summed E-state index contributed by atoms with van der Waals surface area (Å²) < 4.78 is 14.7. The number of rotatable bonds is 5. The molecule has 0 fully saturated rings. The van der Waals surface area contributed by atoms with Gasteiger partial charge in [0, 0.05) is 23.1 Å². The molecule has 2 aromatic carbocycles. The Morgan fingerprint density at radius 1 is 0.969 bits per heavy atom. The van der Waals surface area contributed by atoms with Crippen molar-refractivity contribution in [3.05, 3.63) is 105 Å². The highest BCUT2D eigenvalue weighted by Crippen LogP contribution is 2.15. The van der Waals surface area contributed by atoms with Crippen molar-refractivity contribution in [1.82, 2.24) is 9.55 Å². The van der Waals surface area contributed by atoms with E-state index in [1.165, 1.54) is 22.9 Å². The Labute approximate surface area is 183 Å². The molecule has 0 atom stereocenters. The third-order valence-electron chi connectivity index (χ3n) is 5.06. The van der Waals surface area contributed by atoms with E-state index in [9.17, 15) is 18.8 Å². The van der Waals surface area contributed by atoms with Crippen LogP contribution in [0.15, 0.2) is 71.7 Å². The van der Waals surface area contributed by atoms with Crippen molar-refractivity contribution in [2.75, 3.05) is 5.32 Å². The molecule has 2 heterocycles. The molecule has 0 saturated carbocycles. The second kappa shape index (κ2) is 8.55. The zero-order valence-electron chi connectivity index (χ0n) is 17.6. The first-order valence-electron chi connectivity index (χ1n) is 9.99. The molecule has 1 N–H and O–H groups in total. The highest BCUT2D eigenvalue weighted by molar-refractivity contribution is 6.10. The average molecular weight is 429 g/mol. The van der Waals surface area contributed by atoms with Crippen molar-refractivity contribution in [3.8, 4) is 0 Å². The number of halogens is 1. The molecule has 7 heteroatoms. The van der Waals surface area contributed by atoms with E-state index in [1.54, 1.807) is 31.2 Å². The zero-order valence-corrected chi connectivity index (χ0v) is 17.6. The van der Waals surface area contributed by atoms with Crippen LogP contribution in [-0.4, -0.2) is 21.2 Å². The van der Waals surface area contributed by atoms with Gasteiger partial charge in [-0.3, -0.25) is 14.4 Å². The summed E-state index contributed by atoms with van der Waals surface area (Å²) in [6, 6.07) is 15.6. The maximum atomic E-state index is 13.3. The molecule has 160 valence electrons. The topological polar surface area (TPSA) is 81.1 Å². The summed E-state index contributed by atoms with van der Waals surface area (Å²) in [4.78, 5) is 43.1. The van der Waals surface area contributed by atoms with Crippen LogP contribution < -0.4 is 10.7 Å². The Kier molecular flexibility index (Phi) is 5.64. The molecule has 0 bridgehead atoms. The lowest BCUT2D eigenvalue weighted by Crippen LogP contribution is -2.25. The number of aryl methyl sites for hydroxylation is 2. The van der Waals surface area contributed by atoms with Crippen LogP contribution >= 0.6 is 0 Å². The fourth-order valence-corrected chi connectivity index (χ4v) is 3.39. The summed E-state index contributed by atoms with van der Waals surface area (Å²) in [6.07, 6.45) is 1.34. The molecule has 4 aromatic rings. The molecule has 32 heavy (non-hydrogen) atoms. The number of carbonyl (C=O) groups excluding carboxylic acids is 2. The summed E-state index contributed by atoms with van der Waals surface area (Å²) in [5.74, 6) is -1.36. The zero-order chi connectivity index (χ0) is 22.8. The largest absolute Gasteiger partial charge is 0.325 e. The Balaban J connectivity index is 1.75. The highest BCUT2D eigenvalue weighted by atomic mass is 19.1. The third kappa shape index (κ3) is 4.32. The summed E-state index contributed by atoms with van der Waals surface area (Å²) >= 11 is 0. The van der Waals surface area contributed by atoms with Crippen LogP contribution in [0.1, 0.15) is 27.2 Å². The van der Waals surface area contributed by atoms with Crippen LogP contribution in [0.5, 0.6) is 0 Å². The molecule has 0 saturated heterocycles. The maximum absolute atomic E-state index is 13.3. The molecule has 4 rings (SSSR count). The summed E-state index contributed by atoms with van der Waals surface area (Å²) in [5.41, 5.74) is 2.26. The van der Waals surface area contributed by atoms with E-state index in [1.807, 2.05) is 19.1 Å². The molecule has 6 nitrogen and oxygen atoms in total. The standard InChI is InChI=1S/C25H20FN3O3/c1-15-3-10-19(11-4-15)28-22(30)14-29-13-21(23(31)17-6-8-18(26)9-7-17)24(32)20-12-5-16(2)27-25(20)29/h3-13H,14H2,1-2H3,(H,28,30). The van der Waals surface area contributed by atoms with Gasteiger partial charge in [-0.05, 0) is 62.4 Å². The van der Waals surface area contributed by atoms with E-state index < -0.39 is 17.0 Å². The Morgan fingerprint density at radius 2 is 1.66 bits per heavy atom. The molecular weight excluding hydrogens is 409 g/mol. The normalized spacial score (nSPS) is 10.8. The number of ketones is 1. The van der Waals surface area contributed by atoms with Gasteiger partial charge in [0.25, 0.3) is 0 Å². The third-order valence-corrected chi connectivity index (χ3v) is 5.06. The fraction of sp³-hybridized carbons (Fsp3) is 0.120. The van der Waals surface area contributed by atoms with Crippen LogP contribution in [0, 0.1) is 19.7 Å². The number of nitrogens with one attached hydrogen (secondary N) is 1. The number of hydrogen-bond acceptors (Lipinski definition) is 4. The minimum absolute atomic E-state index is 0.113. The number of aromatic nitrogens is 2. The van der Waals surface area contributed by atoms with Gasteiger partial charge in [0.15, 0.2) is 5.78 Å². The molecule has 0 aliphatic heterocycles. The van der Waals surface area contributed by atoms with Crippen LogP contribution in [-0.2, 0) is 11.3 Å². The summed E-state index contributed by atoms with van der Waals surface area (Å²) in [6.45, 7) is 3.58. The first kappa shape index (κ1) is 21.1. The number of carbonyl (C=O) groups is 2. The monoisotopic (exact) mass is 429 g/mol. The van der Waals surface area contributed by atoms with Crippen molar-refractivity contribution in [2.24, 2.45) is 0 Å². The van der Waals surface area contributed by atoms with E-state index in [2.05, 4.69) is 10.3 Å². The number of benzene rings is 2. The Morgan fingerprint density at radius 3 is 2.34 bits per heavy atom. The smallest absolute Gasteiger partial charge is 0.244 e. The van der Waals surface area contributed by atoms with Gasteiger partial charge in [0.2, 0.25) is 11.3 Å². The molecular formula is C25H20FN3O3. The number of pyridine rings is 2. The van der Waals surface area contributed by atoms with Crippen LogP contribution in [0.3, 0.4) is 0 Å². The molecule has 0 aliphatic carbocycles. The summed E-state index contributed by atoms with van der Waals surface area (Å²) in [7, 11) is 0.